The molecule has 0 unspecified atom stereocenters. The Hall–Kier alpha value is -1.66. The smallest absolute Gasteiger partial charge is 0.225 e. The van der Waals surface area contributed by atoms with E-state index in [0.29, 0.717) is 19.5 Å². The Balaban J connectivity index is 1.85. The van der Waals surface area contributed by atoms with Gasteiger partial charge in [-0.25, -0.2) is 0 Å². The molecule has 116 valence electrons. The van der Waals surface area contributed by atoms with Gasteiger partial charge in [-0.1, -0.05) is 22.0 Å². The molecule has 0 saturated carbocycles. The molecule has 1 heterocycles. The van der Waals surface area contributed by atoms with Crippen LogP contribution in [-0.4, -0.2) is 24.9 Å². The van der Waals surface area contributed by atoms with Gasteiger partial charge in [0.05, 0.1) is 6.42 Å². The van der Waals surface area contributed by atoms with Gasteiger partial charge in [0.25, 0.3) is 0 Å². The van der Waals surface area contributed by atoms with E-state index in [1.54, 1.807) is 16.2 Å². The van der Waals surface area contributed by atoms with Crippen LogP contribution in [0.15, 0.2) is 46.3 Å². The summed E-state index contributed by atoms with van der Waals surface area (Å²) in [6, 6.07) is 11.4. The van der Waals surface area contributed by atoms with Gasteiger partial charge < -0.3 is 10.2 Å². The Kier molecular flexibility index (Phi) is 6.15. The molecule has 0 bridgehead atoms. The zero-order chi connectivity index (χ0) is 15.9. The number of benzene rings is 1. The van der Waals surface area contributed by atoms with Crippen LogP contribution in [0.4, 0.5) is 5.69 Å². The van der Waals surface area contributed by atoms with E-state index in [1.807, 2.05) is 41.8 Å². The number of amides is 2. The van der Waals surface area contributed by atoms with Gasteiger partial charge in [-0.15, -0.1) is 11.3 Å². The molecular weight excluding hydrogens is 364 g/mol. The molecule has 0 saturated heterocycles. The highest BCUT2D eigenvalue weighted by molar-refractivity contribution is 9.10. The SMILES string of the molecule is CC(=O)N(CCNC(=O)Cc1cccs1)c1ccc(Br)cc1. The van der Waals surface area contributed by atoms with Crippen LogP contribution < -0.4 is 10.2 Å². The molecule has 2 rings (SSSR count). The second-order valence-corrected chi connectivity index (χ2v) is 6.70. The van der Waals surface area contributed by atoms with Crippen molar-refractivity contribution < 1.29 is 9.59 Å². The molecule has 0 atom stereocenters. The fourth-order valence-corrected chi connectivity index (χ4v) is 3.00. The van der Waals surface area contributed by atoms with Crippen LogP contribution in [0.25, 0.3) is 0 Å². The number of carbonyl (C=O) groups is 2. The average Bonchev–Trinajstić information content (AvgIpc) is 2.97. The van der Waals surface area contributed by atoms with E-state index in [2.05, 4.69) is 21.2 Å². The van der Waals surface area contributed by atoms with Crippen molar-refractivity contribution in [3.63, 3.8) is 0 Å². The second kappa shape index (κ2) is 8.10. The van der Waals surface area contributed by atoms with E-state index in [0.717, 1.165) is 15.0 Å². The maximum atomic E-state index is 11.8. The maximum Gasteiger partial charge on any atom is 0.225 e. The minimum absolute atomic E-state index is 0.0261. The van der Waals surface area contributed by atoms with E-state index >= 15 is 0 Å². The first-order valence-corrected chi connectivity index (χ1v) is 8.56. The molecule has 0 aliphatic heterocycles. The summed E-state index contributed by atoms with van der Waals surface area (Å²) in [6.07, 6.45) is 0.385. The number of halogens is 1. The van der Waals surface area contributed by atoms with Gasteiger partial charge >= 0.3 is 0 Å². The van der Waals surface area contributed by atoms with E-state index < -0.39 is 0 Å². The van der Waals surface area contributed by atoms with Gasteiger partial charge in [-0.2, -0.15) is 0 Å². The first-order chi connectivity index (χ1) is 10.6. The molecule has 2 aromatic rings. The summed E-state index contributed by atoms with van der Waals surface area (Å²) < 4.78 is 0.962. The Morgan fingerprint density at radius 2 is 1.95 bits per heavy atom. The Labute approximate surface area is 142 Å². The van der Waals surface area contributed by atoms with Crippen LogP contribution in [0.2, 0.25) is 0 Å². The lowest BCUT2D eigenvalue weighted by Gasteiger charge is -2.21. The largest absolute Gasteiger partial charge is 0.354 e. The third kappa shape index (κ3) is 4.96. The number of rotatable bonds is 6. The minimum Gasteiger partial charge on any atom is -0.354 e. The molecule has 0 aliphatic rings. The molecule has 22 heavy (non-hydrogen) atoms. The van der Waals surface area contributed by atoms with E-state index in [4.69, 9.17) is 0 Å². The molecule has 1 aromatic heterocycles. The third-order valence-corrected chi connectivity index (χ3v) is 4.50. The number of nitrogens with zero attached hydrogens (tertiary/aromatic N) is 1. The Morgan fingerprint density at radius 1 is 1.23 bits per heavy atom. The van der Waals surface area contributed by atoms with Crippen molar-refractivity contribution in [2.45, 2.75) is 13.3 Å². The maximum absolute atomic E-state index is 11.8. The van der Waals surface area contributed by atoms with Crippen molar-refractivity contribution in [2.75, 3.05) is 18.0 Å². The summed E-state index contributed by atoms with van der Waals surface area (Å²) >= 11 is 4.94. The summed E-state index contributed by atoms with van der Waals surface area (Å²) in [5, 5.41) is 4.80. The number of thiophene rings is 1. The standard InChI is InChI=1S/C16H17BrN2O2S/c1-12(20)19(14-6-4-13(17)5-7-14)9-8-18-16(21)11-15-3-2-10-22-15/h2-7,10H,8-9,11H2,1H3,(H,18,21). The number of hydrogen-bond donors (Lipinski definition) is 1. The number of carbonyl (C=O) groups excluding carboxylic acids is 2. The summed E-state index contributed by atoms with van der Waals surface area (Å²) in [5.41, 5.74) is 0.822. The van der Waals surface area contributed by atoms with Crippen molar-refractivity contribution in [3.05, 3.63) is 51.1 Å². The van der Waals surface area contributed by atoms with E-state index in [1.165, 1.54) is 6.92 Å². The van der Waals surface area contributed by atoms with Crippen LogP contribution in [0.3, 0.4) is 0 Å². The van der Waals surface area contributed by atoms with E-state index in [-0.39, 0.29) is 11.8 Å². The van der Waals surface area contributed by atoms with Crippen molar-refractivity contribution in [1.82, 2.24) is 5.32 Å². The lowest BCUT2D eigenvalue weighted by Crippen LogP contribution is -2.38. The lowest BCUT2D eigenvalue weighted by atomic mass is 10.3. The predicted molar refractivity (Wildman–Crippen MR) is 93.2 cm³/mol. The monoisotopic (exact) mass is 380 g/mol. The topological polar surface area (TPSA) is 49.4 Å². The third-order valence-electron chi connectivity index (χ3n) is 3.09. The van der Waals surface area contributed by atoms with Crippen molar-refractivity contribution >= 4 is 44.8 Å². The summed E-state index contributed by atoms with van der Waals surface area (Å²) in [4.78, 5) is 26.3. The normalized spacial score (nSPS) is 10.3. The molecule has 0 spiro atoms. The Morgan fingerprint density at radius 3 is 2.55 bits per heavy atom. The van der Waals surface area contributed by atoms with Gasteiger partial charge in [0, 0.05) is 35.1 Å². The van der Waals surface area contributed by atoms with Crippen molar-refractivity contribution in [2.24, 2.45) is 0 Å². The fourth-order valence-electron chi connectivity index (χ4n) is 2.03. The highest BCUT2D eigenvalue weighted by Crippen LogP contribution is 2.18. The minimum atomic E-state index is -0.0465. The Bertz CT molecular complexity index is 626. The molecular formula is C16H17BrN2O2S. The summed E-state index contributed by atoms with van der Waals surface area (Å²) in [6.45, 7) is 2.41. The number of hydrogen-bond acceptors (Lipinski definition) is 3. The summed E-state index contributed by atoms with van der Waals surface area (Å²) in [5.74, 6) is -0.0726. The molecule has 1 aromatic carbocycles. The van der Waals surface area contributed by atoms with Gasteiger partial charge in [0.2, 0.25) is 11.8 Å². The van der Waals surface area contributed by atoms with Crippen LogP contribution in [-0.2, 0) is 16.0 Å². The second-order valence-electron chi connectivity index (χ2n) is 4.75. The van der Waals surface area contributed by atoms with Gasteiger partial charge in [0.15, 0.2) is 0 Å². The zero-order valence-electron chi connectivity index (χ0n) is 12.2. The molecule has 0 radical (unpaired) electrons. The summed E-state index contributed by atoms with van der Waals surface area (Å²) in [7, 11) is 0. The predicted octanol–water partition coefficient (Wildman–Crippen LogP) is 3.22. The quantitative estimate of drug-likeness (QED) is 0.836. The van der Waals surface area contributed by atoms with Gasteiger partial charge in [0.1, 0.15) is 0 Å². The van der Waals surface area contributed by atoms with Crippen molar-refractivity contribution in [3.8, 4) is 0 Å². The molecule has 0 fully saturated rings. The van der Waals surface area contributed by atoms with E-state index in [9.17, 15) is 9.59 Å². The van der Waals surface area contributed by atoms with Crippen LogP contribution in [0, 0.1) is 0 Å². The van der Waals surface area contributed by atoms with Crippen molar-refractivity contribution in [1.29, 1.82) is 0 Å². The first-order valence-electron chi connectivity index (χ1n) is 6.89. The van der Waals surface area contributed by atoms with Crippen LogP contribution in [0.1, 0.15) is 11.8 Å². The first kappa shape index (κ1) is 16.7. The number of anilines is 1. The number of nitrogens with one attached hydrogen (secondary N) is 1. The van der Waals surface area contributed by atoms with Crippen LogP contribution >= 0.6 is 27.3 Å². The fraction of sp³-hybridized carbons (Fsp3) is 0.250. The molecule has 2 amide bonds. The zero-order valence-corrected chi connectivity index (χ0v) is 14.6. The van der Waals surface area contributed by atoms with Gasteiger partial charge in [-0.3, -0.25) is 9.59 Å². The molecule has 1 N–H and O–H groups in total. The molecule has 4 nitrogen and oxygen atoms in total. The highest BCUT2D eigenvalue weighted by Gasteiger charge is 2.12. The molecule has 0 aliphatic carbocycles. The lowest BCUT2D eigenvalue weighted by molar-refractivity contribution is -0.120. The average molecular weight is 381 g/mol. The molecule has 6 heteroatoms. The van der Waals surface area contributed by atoms with Gasteiger partial charge in [-0.05, 0) is 35.7 Å². The highest BCUT2D eigenvalue weighted by atomic mass is 79.9. The van der Waals surface area contributed by atoms with Crippen LogP contribution in [0.5, 0.6) is 0 Å².